The van der Waals surface area contributed by atoms with Gasteiger partial charge in [0.05, 0.1) is 38.1 Å². The minimum atomic E-state index is -1.55. The molecule has 1 aliphatic heterocycles. The van der Waals surface area contributed by atoms with Crippen LogP contribution in [0.25, 0.3) is 0 Å². The molecular formula is C42H66O11. The highest BCUT2D eigenvalue weighted by molar-refractivity contribution is 5.75. The van der Waals surface area contributed by atoms with Gasteiger partial charge < -0.3 is 39.4 Å². The second-order valence-electron chi connectivity index (χ2n) is 18.8. The van der Waals surface area contributed by atoms with Crippen LogP contribution in [-0.2, 0) is 33.3 Å². The molecule has 5 aliphatic rings. The molecule has 12 atom stereocenters. The molecule has 53 heavy (non-hydrogen) atoms. The molecule has 11 nitrogen and oxygen atoms in total. The van der Waals surface area contributed by atoms with Gasteiger partial charge in [-0.15, -0.1) is 0 Å². The fourth-order valence-corrected chi connectivity index (χ4v) is 11.6. The van der Waals surface area contributed by atoms with Crippen molar-refractivity contribution in [3.05, 3.63) is 22.8 Å². The van der Waals surface area contributed by atoms with Crippen molar-refractivity contribution in [2.45, 2.75) is 169 Å². The summed E-state index contributed by atoms with van der Waals surface area (Å²) in [6, 6.07) is 0. The van der Waals surface area contributed by atoms with E-state index in [2.05, 4.69) is 45.4 Å². The lowest BCUT2D eigenvalue weighted by Gasteiger charge is -2.62. The van der Waals surface area contributed by atoms with Gasteiger partial charge in [-0.2, -0.15) is 0 Å². The maximum absolute atomic E-state index is 14.1. The summed E-state index contributed by atoms with van der Waals surface area (Å²) in [5.74, 6) is -1.61. The molecule has 0 bridgehead atoms. The van der Waals surface area contributed by atoms with E-state index < -0.39 is 54.0 Å². The largest absolute Gasteiger partial charge is 0.469 e. The van der Waals surface area contributed by atoms with Crippen LogP contribution < -0.4 is 0 Å². The second kappa shape index (κ2) is 15.3. The summed E-state index contributed by atoms with van der Waals surface area (Å²) in [6.07, 6.45) is 4.21. The molecule has 0 radical (unpaired) electrons. The molecule has 5 rings (SSSR count). The number of hydrogen-bond donors (Lipinski definition) is 4. The molecule has 0 spiro atoms. The number of allylic oxidation sites excluding steroid dienone is 4. The van der Waals surface area contributed by atoms with Crippen LogP contribution >= 0.6 is 0 Å². The molecule has 4 N–H and O–H groups in total. The maximum atomic E-state index is 14.1. The molecule has 0 aromatic heterocycles. The van der Waals surface area contributed by atoms with Crippen LogP contribution in [0.2, 0.25) is 0 Å². The van der Waals surface area contributed by atoms with Crippen molar-refractivity contribution in [3.63, 3.8) is 0 Å². The van der Waals surface area contributed by atoms with E-state index in [0.717, 1.165) is 51.4 Å². The third-order valence-corrected chi connectivity index (χ3v) is 14.8. The summed E-state index contributed by atoms with van der Waals surface area (Å²) >= 11 is 0. The van der Waals surface area contributed by atoms with Crippen molar-refractivity contribution in [1.82, 2.24) is 0 Å². The number of esters is 3. The van der Waals surface area contributed by atoms with Crippen LogP contribution in [0.4, 0.5) is 0 Å². The number of carbonyl (C=O) groups excluding carboxylic acids is 3. The predicted molar refractivity (Wildman–Crippen MR) is 197 cm³/mol. The van der Waals surface area contributed by atoms with Crippen molar-refractivity contribution < 1.29 is 53.8 Å². The van der Waals surface area contributed by atoms with Crippen LogP contribution in [0.1, 0.15) is 132 Å². The van der Waals surface area contributed by atoms with E-state index in [0.29, 0.717) is 12.8 Å². The van der Waals surface area contributed by atoms with Crippen molar-refractivity contribution in [2.24, 2.45) is 39.4 Å². The van der Waals surface area contributed by atoms with E-state index in [-0.39, 0.29) is 59.0 Å². The molecule has 300 valence electrons. The molecule has 2 saturated carbocycles. The van der Waals surface area contributed by atoms with E-state index in [1.807, 2.05) is 13.8 Å². The number of aliphatic hydroxyl groups excluding tert-OH is 3. The monoisotopic (exact) mass is 746 g/mol. The lowest BCUT2D eigenvalue weighted by molar-refractivity contribution is -0.265. The van der Waals surface area contributed by atoms with E-state index in [1.54, 1.807) is 5.57 Å². The van der Waals surface area contributed by atoms with Gasteiger partial charge in [-0.05, 0) is 113 Å². The molecule has 0 aromatic carbocycles. The molecular weight excluding hydrogens is 680 g/mol. The first-order valence-corrected chi connectivity index (χ1v) is 19.8. The summed E-state index contributed by atoms with van der Waals surface area (Å²) in [6.45, 7) is 16.9. The second-order valence-corrected chi connectivity index (χ2v) is 18.8. The van der Waals surface area contributed by atoms with Crippen LogP contribution in [0, 0.1) is 39.4 Å². The average Bonchev–Trinajstić information content (AvgIpc) is 3.34. The topological polar surface area (TPSA) is 169 Å². The molecule has 3 fully saturated rings. The van der Waals surface area contributed by atoms with Crippen LogP contribution in [0.15, 0.2) is 22.8 Å². The lowest BCUT2D eigenvalue weighted by Crippen LogP contribution is -2.56. The number of methoxy groups -OCH3 is 1. The Hall–Kier alpha value is -2.31. The molecule has 1 saturated heterocycles. The van der Waals surface area contributed by atoms with Gasteiger partial charge in [-0.3, -0.25) is 14.4 Å². The first kappa shape index (κ1) is 41.8. The van der Waals surface area contributed by atoms with Gasteiger partial charge in [0.2, 0.25) is 6.29 Å². The molecule has 0 aromatic rings. The first-order chi connectivity index (χ1) is 24.6. The summed E-state index contributed by atoms with van der Waals surface area (Å²) in [5, 5.41) is 41.5. The standard InChI is InChI=1S/C42H66O11/c1-24(2)11-10-12-25(36(48)53-37-35(47)34(46)29(43)23-51-37)26-15-19-42(8)28-13-14-30-38(3,4)31(52-33(45)22-39(5,49)21-32(44)50-9)17-18-40(30,6)27(28)16-20-41(26,42)7/h11,25-26,29-31,34-35,37,43,46-47,49H,10,12-23H2,1-9H3/t25-,26+,29-,30+,31-,34-,35-,37+,39+,40-,41+,42-/m0/s1. The smallest absolute Gasteiger partial charge is 0.311 e. The summed E-state index contributed by atoms with van der Waals surface area (Å²) in [7, 11) is 1.25. The minimum Gasteiger partial charge on any atom is -0.469 e. The van der Waals surface area contributed by atoms with Crippen molar-refractivity contribution in [1.29, 1.82) is 0 Å². The number of rotatable bonds is 11. The summed E-state index contributed by atoms with van der Waals surface area (Å²) < 4.78 is 22.1. The van der Waals surface area contributed by atoms with E-state index >= 15 is 0 Å². The molecule has 11 heteroatoms. The zero-order chi connectivity index (χ0) is 39.3. The van der Waals surface area contributed by atoms with Crippen LogP contribution in [0.5, 0.6) is 0 Å². The third kappa shape index (κ3) is 7.76. The van der Waals surface area contributed by atoms with Gasteiger partial charge in [-0.25, -0.2) is 0 Å². The predicted octanol–water partition coefficient (Wildman–Crippen LogP) is 5.70. The number of aliphatic hydroxyl groups is 4. The van der Waals surface area contributed by atoms with Crippen molar-refractivity contribution in [3.8, 4) is 0 Å². The summed E-state index contributed by atoms with van der Waals surface area (Å²) in [4.78, 5) is 39.0. The van der Waals surface area contributed by atoms with Crippen molar-refractivity contribution >= 4 is 17.9 Å². The Morgan fingerprint density at radius 1 is 0.906 bits per heavy atom. The van der Waals surface area contributed by atoms with Gasteiger partial charge in [-0.1, -0.05) is 57.4 Å². The Balaban J connectivity index is 1.37. The first-order valence-electron chi connectivity index (χ1n) is 19.8. The Bertz CT molecular complexity index is 1460. The average molecular weight is 747 g/mol. The Morgan fingerprint density at radius 3 is 2.25 bits per heavy atom. The van der Waals surface area contributed by atoms with E-state index in [4.69, 9.17) is 14.2 Å². The third-order valence-electron chi connectivity index (χ3n) is 14.8. The highest BCUT2D eigenvalue weighted by Gasteiger charge is 2.65. The van der Waals surface area contributed by atoms with E-state index in [1.165, 1.54) is 25.2 Å². The molecule has 0 amide bonds. The van der Waals surface area contributed by atoms with Gasteiger partial charge in [0, 0.05) is 5.41 Å². The normalized spacial score (nSPS) is 39.4. The number of carbonyl (C=O) groups is 3. The van der Waals surface area contributed by atoms with Gasteiger partial charge in [0.15, 0.2) is 0 Å². The van der Waals surface area contributed by atoms with Gasteiger partial charge >= 0.3 is 17.9 Å². The fraction of sp³-hybridized carbons (Fsp3) is 0.833. The molecule has 0 unspecified atom stereocenters. The summed E-state index contributed by atoms with van der Waals surface area (Å²) in [5.41, 5.74) is 2.04. The SMILES string of the molecule is COC(=O)C[C@@](C)(O)CC(=O)O[C@H]1CC[C@@]2(C)C3=C(CC[C@@H]2C1(C)C)[C@]1(C)CC[C@H]([C@H](CCC=C(C)C)C(=O)O[C@H]2OC[C@H](O)[C@H](O)[C@@H]2O)[C@@]1(C)CC3. The van der Waals surface area contributed by atoms with E-state index in [9.17, 15) is 34.8 Å². The molecule has 1 heterocycles. The van der Waals surface area contributed by atoms with Crippen molar-refractivity contribution in [2.75, 3.05) is 13.7 Å². The van der Waals surface area contributed by atoms with Crippen LogP contribution in [0.3, 0.4) is 0 Å². The molecule has 4 aliphatic carbocycles. The number of fused-ring (bicyclic) bond motifs is 4. The lowest BCUT2D eigenvalue weighted by atomic mass is 9.43. The maximum Gasteiger partial charge on any atom is 0.311 e. The Labute approximate surface area is 315 Å². The fourth-order valence-electron chi connectivity index (χ4n) is 11.6. The Kier molecular flexibility index (Phi) is 12.1. The zero-order valence-corrected chi connectivity index (χ0v) is 33.5. The highest BCUT2D eigenvalue weighted by Crippen LogP contribution is 2.72. The minimum absolute atomic E-state index is 0.0457. The zero-order valence-electron chi connectivity index (χ0n) is 33.5. The highest BCUT2D eigenvalue weighted by atomic mass is 16.7. The number of ether oxygens (including phenoxy) is 4. The Morgan fingerprint density at radius 2 is 1.58 bits per heavy atom. The van der Waals surface area contributed by atoms with Crippen LogP contribution in [-0.4, -0.2) is 88.4 Å². The van der Waals surface area contributed by atoms with Gasteiger partial charge in [0.1, 0.15) is 24.4 Å². The quantitative estimate of drug-likeness (QED) is 0.116. The van der Waals surface area contributed by atoms with Gasteiger partial charge in [0.25, 0.3) is 0 Å². The number of hydrogen-bond acceptors (Lipinski definition) is 11.